The Morgan fingerprint density at radius 3 is 1.38 bits per heavy atom. The molecule has 0 saturated carbocycles. The predicted molar refractivity (Wildman–Crippen MR) is 301 cm³/mol. The van der Waals surface area contributed by atoms with Gasteiger partial charge >= 0.3 is 0 Å². The van der Waals surface area contributed by atoms with Crippen LogP contribution in [0.1, 0.15) is 132 Å². The first-order chi connectivity index (χ1) is 38.2. The highest BCUT2D eigenvalue weighted by atomic mass is 16.3. The minimum atomic E-state index is -1.69. The molecule has 1 rings (SSSR count). The third-order valence-electron chi connectivity index (χ3n) is 13.4. The van der Waals surface area contributed by atoms with Crippen molar-refractivity contribution in [2.24, 2.45) is 46.4 Å². The third kappa shape index (κ3) is 27.0. The quantitative estimate of drug-likeness (QED) is 0.0347. The minimum Gasteiger partial charge on any atom is -0.391 e. The Morgan fingerprint density at radius 1 is 0.531 bits per heavy atom. The normalized spacial score (nSPS) is 23.6. The van der Waals surface area contributed by atoms with Crippen molar-refractivity contribution in [3.05, 3.63) is 0 Å². The molecule has 0 bridgehead atoms. The van der Waals surface area contributed by atoms with E-state index >= 15 is 0 Å². The number of carbonyl (C=O) groups excluding carboxylic acids is 11. The molecule has 23 N–H and O–H groups in total. The molecule has 1 unspecified atom stereocenters. The molecular weight excluding hydrogens is 1060 g/mol. The maximum absolute atomic E-state index is 14.4. The lowest BCUT2D eigenvalue weighted by molar-refractivity contribution is -0.137. The number of hydrogen-bond donors (Lipinski definition) is 18. The van der Waals surface area contributed by atoms with Gasteiger partial charge in [0.25, 0.3) is 0 Å². The van der Waals surface area contributed by atoms with E-state index in [-0.39, 0.29) is 95.9 Å². The minimum absolute atomic E-state index is 0.0146. The molecule has 0 aliphatic carbocycles. The van der Waals surface area contributed by atoms with Crippen LogP contribution in [0.4, 0.5) is 0 Å². The maximum Gasteiger partial charge on any atom is 0.245 e. The van der Waals surface area contributed by atoms with Gasteiger partial charge in [-0.25, -0.2) is 0 Å². The number of aliphatic hydroxyl groups is 2. The zero-order valence-electron chi connectivity index (χ0n) is 48.7. The van der Waals surface area contributed by atoms with E-state index in [2.05, 4.69) is 65.4 Å². The van der Waals surface area contributed by atoms with Gasteiger partial charge in [0.05, 0.1) is 12.2 Å². The molecule has 1 saturated heterocycles. The molecule has 0 aromatic heterocycles. The standard InChI is InChI=1S/C52H98N16O13/c1-9-29(6)11-10-12-40(71)59-32(13-19-53)47(76)68-42(31(8)70)52(81)64-35(16-22-56)44(73)63-37-18-24-58-51(80)41(30(7)69)67-48(77)36(17-23-57)61-43(72)33(14-20-54)62-49(78)38(25-27(2)3)66-50(79)39(26-28(4)5)65-45(74)34(15-21-55)60-46(37)75/h27-39,41-42,69-70H,9-26,53-57H2,1-8H3,(H,58,80)(H,59,71)(H,60,75)(H,61,72)(H,62,78)(H,63,73)(H,64,81)(H,65,74)(H,66,79)(H,67,77)(H,68,76)/t29?,30-,31-,32-,33-,34-,35-,36-,37-,38-,39-,41-,42-/m0/s1. The van der Waals surface area contributed by atoms with Gasteiger partial charge in [0.2, 0.25) is 65.0 Å². The summed E-state index contributed by atoms with van der Waals surface area (Å²) in [5, 5.41) is 49.5. The maximum atomic E-state index is 14.4. The molecule has 13 atom stereocenters. The number of hydrogen-bond acceptors (Lipinski definition) is 18. The van der Waals surface area contributed by atoms with E-state index in [0.29, 0.717) is 12.3 Å². The summed E-state index contributed by atoms with van der Waals surface area (Å²) in [6, 6.07) is -14.5. The number of amides is 11. The summed E-state index contributed by atoms with van der Waals surface area (Å²) < 4.78 is 0. The van der Waals surface area contributed by atoms with Crippen LogP contribution >= 0.6 is 0 Å². The van der Waals surface area contributed by atoms with Crippen molar-refractivity contribution in [2.45, 2.75) is 205 Å². The number of aliphatic hydroxyl groups excluding tert-OH is 2. The summed E-state index contributed by atoms with van der Waals surface area (Å²) >= 11 is 0. The van der Waals surface area contributed by atoms with Gasteiger partial charge in [0.1, 0.15) is 60.4 Å². The molecular formula is C52H98N16O13. The molecule has 1 aliphatic rings. The van der Waals surface area contributed by atoms with E-state index in [4.69, 9.17) is 28.7 Å². The summed E-state index contributed by atoms with van der Waals surface area (Å²) in [5.74, 6) is -9.60. The zero-order chi connectivity index (χ0) is 61.5. The molecule has 29 heteroatoms. The van der Waals surface area contributed by atoms with Crippen LogP contribution in [0.15, 0.2) is 0 Å². The van der Waals surface area contributed by atoms with Crippen molar-refractivity contribution in [2.75, 3.05) is 39.3 Å². The molecule has 81 heavy (non-hydrogen) atoms. The van der Waals surface area contributed by atoms with Crippen LogP contribution in [0.5, 0.6) is 0 Å². The second kappa shape index (κ2) is 38.6. The zero-order valence-corrected chi connectivity index (χ0v) is 48.7. The van der Waals surface area contributed by atoms with Crippen LogP contribution < -0.4 is 87.2 Å². The molecule has 1 heterocycles. The second-order valence-corrected chi connectivity index (χ2v) is 21.6. The van der Waals surface area contributed by atoms with Gasteiger partial charge in [-0.15, -0.1) is 0 Å². The van der Waals surface area contributed by atoms with Crippen molar-refractivity contribution in [3.63, 3.8) is 0 Å². The van der Waals surface area contributed by atoms with Gasteiger partial charge in [-0.05, 0) is 122 Å². The van der Waals surface area contributed by atoms with Crippen molar-refractivity contribution in [1.82, 2.24) is 58.5 Å². The lowest BCUT2D eigenvalue weighted by Gasteiger charge is -2.29. The monoisotopic (exact) mass is 1150 g/mol. The summed E-state index contributed by atoms with van der Waals surface area (Å²) in [7, 11) is 0. The number of rotatable bonds is 28. The third-order valence-corrected chi connectivity index (χ3v) is 13.4. The molecule has 11 amide bonds. The average molecular weight is 1160 g/mol. The number of carbonyl (C=O) groups is 11. The summed E-state index contributed by atoms with van der Waals surface area (Å²) in [4.78, 5) is 153. The van der Waals surface area contributed by atoms with Gasteiger partial charge in [-0.1, -0.05) is 54.4 Å². The first-order valence-electron chi connectivity index (χ1n) is 28.3. The van der Waals surface area contributed by atoms with E-state index < -0.39 is 151 Å². The Morgan fingerprint density at radius 2 is 0.963 bits per heavy atom. The van der Waals surface area contributed by atoms with Crippen molar-refractivity contribution < 1.29 is 63.0 Å². The van der Waals surface area contributed by atoms with Gasteiger partial charge in [-0.2, -0.15) is 0 Å². The fraction of sp³-hybridized carbons (Fsp3) is 0.788. The van der Waals surface area contributed by atoms with Crippen LogP contribution in [-0.2, 0) is 52.7 Å². The Balaban J connectivity index is 3.84. The fourth-order valence-corrected chi connectivity index (χ4v) is 8.60. The van der Waals surface area contributed by atoms with E-state index in [9.17, 15) is 63.0 Å². The summed E-state index contributed by atoms with van der Waals surface area (Å²) in [6.45, 7) is 12.5. The lowest BCUT2D eigenvalue weighted by Crippen LogP contribution is -2.62. The van der Waals surface area contributed by atoms with Crippen LogP contribution in [0, 0.1) is 17.8 Å². The molecule has 0 radical (unpaired) electrons. The van der Waals surface area contributed by atoms with E-state index in [1.807, 2.05) is 6.92 Å². The van der Waals surface area contributed by atoms with Crippen molar-refractivity contribution in [3.8, 4) is 0 Å². The molecule has 1 fully saturated rings. The average Bonchev–Trinajstić information content (AvgIpc) is 3.41. The van der Waals surface area contributed by atoms with Gasteiger partial charge in [-0.3, -0.25) is 52.7 Å². The topological polar surface area (TPSA) is 491 Å². The molecule has 1 aliphatic heterocycles. The van der Waals surface area contributed by atoms with Crippen LogP contribution in [0.25, 0.3) is 0 Å². The number of nitrogens with one attached hydrogen (secondary N) is 11. The first kappa shape index (κ1) is 72.9. The van der Waals surface area contributed by atoms with E-state index in [1.54, 1.807) is 27.7 Å². The highest BCUT2D eigenvalue weighted by Crippen LogP contribution is 2.13. The number of nitrogens with two attached hydrogens (primary N) is 5. The lowest BCUT2D eigenvalue weighted by atomic mass is 9.99. The molecule has 464 valence electrons. The predicted octanol–water partition coefficient (Wildman–Crippen LogP) is -5.83. The second-order valence-electron chi connectivity index (χ2n) is 21.6. The van der Waals surface area contributed by atoms with Crippen LogP contribution in [0.2, 0.25) is 0 Å². The fourth-order valence-electron chi connectivity index (χ4n) is 8.60. The summed E-state index contributed by atoms with van der Waals surface area (Å²) in [6.07, 6.45) is -1.79. The largest absolute Gasteiger partial charge is 0.391 e. The SMILES string of the molecule is CCC(C)CCCC(=O)N[C@@H](CCN)C(=O)N[C@H](C(=O)N[C@@H](CCN)C(=O)N[C@H]1CCNC(=O)[C@H]([C@H](C)O)NC(=O)[C@H](CCN)NC(=O)[C@H](CCN)NC(=O)[C@H](CC(C)C)NC(=O)[C@H](CC(C)C)NC(=O)[C@H](CCN)NC1=O)[C@H](C)O. The molecule has 0 aromatic carbocycles. The van der Waals surface area contributed by atoms with Gasteiger partial charge < -0.3 is 97.4 Å². The highest BCUT2D eigenvalue weighted by molar-refractivity contribution is 5.99. The van der Waals surface area contributed by atoms with Crippen LogP contribution in [0.3, 0.4) is 0 Å². The van der Waals surface area contributed by atoms with Gasteiger partial charge in [0.15, 0.2) is 0 Å². The Hall–Kier alpha value is -6.11. The smallest absolute Gasteiger partial charge is 0.245 e. The first-order valence-corrected chi connectivity index (χ1v) is 28.3. The van der Waals surface area contributed by atoms with Crippen molar-refractivity contribution in [1.29, 1.82) is 0 Å². The summed E-state index contributed by atoms with van der Waals surface area (Å²) in [5.41, 5.74) is 29.2. The highest BCUT2D eigenvalue weighted by Gasteiger charge is 2.37. The van der Waals surface area contributed by atoms with E-state index in [1.165, 1.54) is 13.8 Å². The molecule has 0 spiro atoms. The van der Waals surface area contributed by atoms with E-state index in [0.717, 1.165) is 12.8 Å². The Labute approximate surface area is 475 Å². The Kier molecular flexibility index (Phi) is 34.7. The van der Waals surface area contributed by atoms with Crippen LogP contribution in [-0.4, -0.2) is 187 Å². The molecule has 29 nitrogen and oxygen atoms in total. The van der Waals surface area contributed by atoms with Gasteiger partial charge in [0, 0.05) is 13.0 Å². The molecule has 0 aromatic rings. The van der Waals surface area contributed by atoms with Crippen molar-refractivity contribution >= 4 is 65.0 Å². The Bertz CT molecular complexity index is 2050.